The van der Waals surface area contributed by atoms with Crippen LogP contribution in [-0.2, 0) is 4.79 Å². The summed E-state index contributed by atoms with van der Waals surface area (Å²) in [5.41, 5.74) is 2.80. The Kier molecular flexibility index (Phi) is 5.06. The van der Waals surface area contributed by atoms with Crippen LogP contribution in [0.5, 0.6) is 0 Å². The number of hydrogen-bond donors (Lipinski definition) is 0. The first-order valence-corrected chi connectivity index (χ1v) is 8.80. The van der Waals surface area contributed by atoms with Gasteiger partial charge >= 0.3 is 0 Å². The van der Waals surface area contributed by atoms with Crippen LogP contribution in [0.15, 0.2) is 22.7 Å². The van der Waals surface area contributed by atoms with Crippen molar-refractivity contribution in [1.82, 2.24) is 19.9 Å². The van der Waals surface area contributed by atoms with Gasteiger partial charge in [0.2, 0.25) is 11.8 Å². The average Bonchev–Trinajstić information content (AvgIpc) is 2.88. The lowest BCUT2D eigenvalue weighted by Gasteiger charge is -2.25. The molecule has 138 valence electrons. The smallest absolute Gasteiger partial charge is 0.254 e. The molecule has 1 aromatic heterocycles. The van der Waals surface area contributed by atoms with Crippen molar-refractivity contribution >= 4 is 11.8 Å². The van der Waals surface area contributed by atoms with Crippen molar-refractivity contribution in [1.29, 1.82) is 0 Å². The zero-order chi connectivity index (χ0) is 18.8. The van der Waals surface area contributed by atoms with Gasteiger partial charge in [-0.3, -0.25) is 9.59 Å². The van der Waals surface area contributed by atoms with E-state index in [1.807, 2.05) is 32.0 Å². The number of rotatable bonds is 2. The van der Waals surface area contributed by atoms with E-state index in [9.17, 15) is 9.59 Å². The molecule has 2 amide bonds. The Balaban J connectivity index is 1.82. The van der Waals surface area contributed by atoms with Crippen molar-refractivity contribution in [2.75, 3.05) is 19.6 Å². The Labute approximate surface area is 153 Å². The highest BCUT2D eigenvalue weighted by Crippen LogP contribution is 2.27. The molecular weight excluding hydrogens is 332 g/mol. The summed E-state index contributed by atoms with van der Waals surface area (Å²) in [6, 6.07) is 5.53. The van der Waals surface area contributed by atoms with Crippen LogP contribution >= 0.6 is 0 Å². The second kappa shape index (κ2) is 7.27. The summed E-state index contributed by atoms with van der Waals surface area (Å²) in [5.74, 6) is 0.898. The third kappa shape index (κ3) is 3.61. The Morgan fingerprint density at radius 3 is 2.54 bits per heavy atom. The molecule has 1 aliphatic rings. The molecule has 1 fully saturated rings. The minimum absolute atomic E-state index is 0.00615. The third-order valence-electron chi connectivity index (χ3n) is 4.79. The number of amides is 2. The molecule has 0 N–H and O–H groups in total. The van der Waals surface area contributed by atoms with Gasteiger partial charge in [-0.05, 0) is 38.8 Å². The molecule has 0 radical (unpaired) electrons. The fourth-order valence-electron chi connectivity index (χ4n) is 3.44. The number of carbonyl (C=O) groups excluding carboxylic acids is 2. The number of aromatic nitrogens is 2. The quantitative estimate of drug-likeness (QED) is 0.826. The van der Waals surface area contributed by atoms with Gasteiger partial charge in [0.1, 0.15) is 6.04 Å². The van der Waals surface area contributed by atoms with E-state index in [0.717, 1.165) is 11.1 Å². The number of aryl methyl sites for hydroxylation is 3. The van der Waals surface area contributed by atoms with Gasteiger partial charge in [-0.1, -0.05) is 22.9 Å². The summed E-state index contributed by atoms with van der Waals surface area (Å²) in [6.45, 7) is 8.68. The standard InChI is InChI=1S/C19H24N4O3/c1-12-5-6-16(13(2)11-12)19(25)22-8-7-17(18-20-14(3)21-26-18)23(10-9-22)15(4)24/h5-6,11,17H,7-10H2,1-4H3. The summed E-state index contributed by atoms with van der Waals surface area (Å²) in [7, 11) is 0. The van der Waals surface area contributed by atoms with Crippen LogP contribution in [0, 0.1) is 20.8 Å². The molecule has 1 unspecified atom stereocenters. The van der Waals surface area contributed by atoms with Gasteiger partial charge in [0, 0.05) is 32.1 Å². The predicted octanol–water partition coefficient (Wildman–Crippen LogP) is 2.43. The molecule has 2 heterocycles. The highest BCUT2D eigenvalue weighted by Gasteiger charge is 2.32. The fraction of sp³-hybridized carbons (Fsp3) is 0.474. The minimum Gasteiger partial charge on any atom is -0.337 e. The first-order chi connectivity index (χ1) is 12.4. The lowest BCUT2D eigenvalue weighted by Crippen LogP contribution is -2.37. The zero-order valence-corrected chi connectivity index (χ0v) is 15.7. The third-order valence-corrected chi connectivity index (χ3v) is 4.79. The van der Waals surface area contributed by atoms with Crippen LogP contribution < -0.4 is 0 Å². The second-order valence-electron chi connectivity index (χ2n) is 6.81. The van der Waals surface area contributed by atoms with Crippen molar-refractivity contribution in [3.8, 4) is 0 Å². The van der Waals surface area contributed by atoms with E-state index in [2.05, 4.69) is 10.1 Å². The number of nitrogens with zero attached hydrogens (tertiary/aromatic N) is 4. The lowest BCUT2D eigenvalue weighted by molar-refractivity contribution is -0.131. The van der Waals surface area contributed by atoms with Gasteiger partial charge in [-0.15, -0.1) is 0 Å². The molecule has 0 spiro atoms. The van der Waals surface area contributed by atoms with Crippen molar-refractivity contribution < 1.29 is 14.1 Å². The van der Waals surface area contributed by atoms with Gasteiger partial charge < -0.3 is 14.3 Å². The van der Waals surface area contributed by atoms with E-state index >= 15 is 0 Å². The Morgan fingerprint density at radius 1 is 1.15 bits per heavy atom. The van der Waals surface area contributed by atoms with E-state index in [0.29, 0.717) is 43.3 Å². The summed E-state index contributed by atoms with van der Waals surface area (Å²) in [5, 5.41) is 3.83. The predicted molar refractivity (Wildman–Crippen MR) is 95.6 cm³/mol. The molecular formula is C19H24N4O3. The Hall–Kier alpha value is -2.70. The van der Waals surface area contributed by atoms with E-state index in [-0.39, 0.29) is 17.9 Å². The van der Waals surface area contributed by atoms with Gasteiger partial charge in [-0.2, -0.15) is 4.98 Å². The van der Waals surface area contributed by atoms with E-state index in [1.165, 1.54) is 6.92 Å². The summed E-state index contributed by atoms with van der Waals surface area (Å²) in [4.78, 5) is 32.9. The second-order valence-corrected chi connectivity index (χ2v) is 6.81. The SMILES string of the molecule is CC(=O)N1CCN(C(=O)c2ccc(C)cc2C)CCC1c1nc(C)no1. The molecule has 1 aromatic carbocycles. The molecule has 3 rings (SSSR count). The van der Waals surface area contributed by atoms with E-state index < -0.39 is 0 Å². The molecule has 7 nitrogen and oxygen atoms in total. The summed E-state index contributed by atoms with van der Waals surface area (Å²) in [6.07, 6.45) is 0.567. The highest BCUT2D eigenvalue weighted by atomic mass is 16.5. The van der Waals surface area contributed by atoms with Gasteiger partial charge in [0.05, 0.1) is 0 Å². The van der Waals surface area contributed by atoms with E-state index in [1.54, 1.807) is 16.7 Å². The normalized spacial score (nSPS) is 17.9. The van der Waals surface area contributed by atoms with Gasteiger partial charge in [-0.25, -0.2) is 0 Å². The first-order valence-electron chi connectivity index (χ1n) is 8.80. The van der Waals surface area contributed by atoms with Crippen molar-refractivity contribution in [3.05, 3.63) is 46.6 Å². The Morgan fingerprint density at radius 2 is 1.92 bits per heavy atom. The van der Waals surface area contributed by atoms with Crippen LogP contribution in [0.25, 0.3) is 0 Å². The first kappa shape index (κ1) is 18.1. The lowest BCUT2D eigenvalue weighted by atomic mass is 10.0. The average molecular weight is 356 g/mol. The van der Waals surface area contributed by atoms with Crippen molar-refractivity contribution in [2.24, 2.45) is 0 Å². The van der Waals surface area contributed by atoms with Crippen LogP contribution in [0.2, 0.25) is 0 Å². The highest BCUT2D eigenvalue weighted by molar-refractivity contribution is 5.95. The maximum absolute atomic E-state index is 13.0. The minimum atomic E-state index is -0.300. The number of hydrogen-bond acceptors (Lipinski definition) is 5. The van der Waals surface area contributed by atoms with Crippen molar-refractivity contribution in [2.45, 2.75) is 40.2 Å². The van der Waals surface area contributed by atoms with Gasteiger partial charge in [0.15, 0.2) is 5.82 Å². The fourth-order valence-corrected chi connectivity index (χ4v) is 3.44. The van der Waals surface area contributed by atoms with Crippen LogP contribution in [0.3, 0.4) is 0 Å². The van der Waals surface area contributed by atoms with Gasteiger partial charge in [0.25, 0.3) is 5.91 Å². The zero-order valence-electron chi connectivity index (χ0n) is 15.7. The van der Waals surface area contributed by atoms with Crippen molar-refractivity contribution in [3.63, 3.8) is 0 Å². The van der Waals surface area contributed by atoms with E-state index in [4.69, 9.17) is 4.52 Å². The summed E-state index contributed by atoms with van der Waals surface area (Å²) >= 11 is 0. The molecule has 7 heteroatoms. The monoisotopic (exact) mass is 356 g/mol. The molecule has 0 saturated carbocycles. The largest absolute Gasteiger partial charge is 0.337 e. The molecule has 1 saturated heterocycles. The maximum Gasteiger partial charge on any atom is 0.254 e. The molecule has 1 atom stereocenters. The number of carbonyl (C=O) groups is 2. The molecule has 1 aliphatic heterocycles. The van der Waals surface area contributed by atoms with Crippen LogP contribution in [-0.4, -0.2) is 51.4 Å². The van der Waals surface area contributed by atoms with Crippen LogP contribution in [0.1, 0.15) is 52.6 Å². The Bertz CT molecular complexity index is 830. The number of benzene rings is 1. The molecule has 0 bridgehead atoms. The molecule has 26 heavy (non-hydrogen) atoms. The summed E-state index contributed by atoms with van der Waals surface area (Å²) < 4.78 is 5.29. The molecule has 0 aliphatic carbocycles. The maximum atomic E-state index is 13.0. The topological polar surface area (TPSA) is 79.5 Å². The van der Waals surface area contributed by atoms with Crippen LogP contribution in [0.4, 0.5) is 0 Å². The molecule has 2 aromatic rings.